The van der Waals surface area contributed by atoms with E-state index in [9.17, 15) is 0 Å². The summed E-state index contributed by atoms with van der Waals surface area (Å²) in [7, 11) is 0. The van der Waals surface area contributed by atoms with Gasteiger partial charge in [0.05, 0.1) is 12.7 Å². The second kappa shape index (κ2) is 2.98. The molecule has 3 nitrogen and oxygen atoms in total. The van der Waals surface area contributed by atoms with Gasteiger partial charge < -0.3 is 15.8 Å². The van der Waals surface area contributed by atoms with Crippen LogP contribution in [0.5, 0.6) is 0 Å². The van der Waals surface area contributed by atoms with Gasteiger partial charge >= 0.3 is 0 Å². The van der Waals surface area contributed by atoms with E-state index in [1.165, 1.54) is 12.8 Å². The van der Waals surface area contributed by atoms with Crippen LogP contribution in [0.3, 0.4) is 0 Å². The molecule has 1 spiro atoms. The highest BCUT2D eigenvalue weighted by Crippen LogP contribution is 2.41. The maximum absolute atomic E-state index is 6.08. The first kappa shape index (κ1) is 8.48. The minimum Gasteiger partial charge on any atom is -0.376 e. The number of ether oxygens (including phenoxy) is 1. The maximum Gasteiger partial charge on any atom is 0.0627 e. The molecule has 2 atom stereocenters. The molecular weight excluding hydrogens is 152 g/mol. The average molecular weight is 170 g/mol. The van der Waals surface area contributed by atoms with Crippen molar-refractivity contribution in [2.75, 3.05) is 19.7 Å². The van der Waals surface area contributed by atoms with Gasteiger partial charge in [0, 0.05) is 11.5 Å². The number of hydrogen-bond acceptors (Lipinski definition) is 3. The van der Waals surface area contributed by atoms with Gasteiger partial charge in [0.2, 0.25) is 0 Å². The van der Waals surface area contributed by atoms with Crippen molar-refractivity contribution in [3.63, 3.8) is 0 Å². The largest absolute Gasteiger partial charge is 0.376 e. The summed E-state index contributed by atoms with van der Waals surface area (Å²) < 4.78 is 5.61. The van der Waals surface area contributed by atoms with Crippen LogP contribution in [-0.2, 0) is 4.74 Å². The van der Waals surface area contributed by atoms with Crippen LogP contribution in [0.4, 0.5) is 0 Å². The molecule has 3 N–H and O–H groups in total. The van der Waals surface area contributed by atoms with Crippen LogP contribution in [0.2, 0.25) is 0 Å². The molecule has 2 aliphatic heterocycles. The van der Waals surface area contributed by atoms with E-state index < -0.39 is 0 Å². The monoisotopic (exact) mass is 170 g/mol. The number of piperidine rings is 1. The van der Waals surface area contributed by atoms with Crippen molar-refractivity contribution in [1.29, 1.82) is 0 Å². The van der Waals surface area contributed by atoms with E-state index in [1.807, 2.05) is 0 Å². The number of rotatable bonds is 0. The molecule has 0 aromatic carbocycles. The van der Waals surface area contributed by atoms with Crippen LogP contribution in [-0.4, -0.2) is 31.8 Å². The van der Waals surface area contributed by atoms with Crippen molar-refractivity contribution < 1.29 is 4.74 Å². The third-order valence-corrected chi connectivity index (χ3v) is 3.61. The molecule has 0 radical (unpaired) electrons. The quantitative estimate of drug-likeness (QED) is 0.542. The summed E-state index contributed by atoms with van der Waals surface area (Å²) in [6, 6.07) is 0.259. The smallest absolute Gasteiger partial charge is 0.0627 e. The zero-order chi connectivity index (χ0) is 8.60. The molecule has 2 fully saturated rings. The van der Waals surface area contributed by atoms with Crippen molar-refractivity contribution in [2.24, 2.45) is 11.1 Å². The summed E-state index contributed by atoms with van der Waals surface area (Å²) in [4.78, 5) is 0. The Morgan fingerprint density at radius 2 is 2.08 bits per heavy atom. The highest BCUT2D eigenvalue weighted by molar-refractivity contribution is 5.00. The van der Waals surface area contributed by atoms with E-state index in [2.05, 4.69) is 12.2 Å². The number of nitrogens with one attached hydrogen (secondary N) is 1. The van der Waals surface area contributed by atoms with E-state index >= 15 is 0 Å². The molecule has 3 heteroatoms. The molecule has 2 saturated heterocycles. The highest BCUT2D eigenvalue weighted by Gasteiger charge is 2.47. The van der Waals surface area contributed by atoms with Crippen LogP contribution < -0.4 is 11.1 Å². The lowest BCUT2D eigenvalue weighted by atomic mass is 9.71. The molecule has 0 saturated carbocycles. The van der Waals surface area contributed by atoms with Crippen molar-refractivity contribution in [3.05, 3.63) is 0 Å². The summed E-state index contributed by atoms with van der Waals surface area (Å²) in [5, 5.41) is 3.37. The van der Waals surface area contributed by atoms with Crippen molar-refractivity contribution in [1.82, 2.24) is 5.32 Å². The molecule has 0 aliphatic carbocycles. The first-order chi connectivity index (χ1) is 5.76. The Balaban J connectivity index is 2.14. The average Bonchev–Trinajstić information content (AvgIpc) is 2.36. The molecular formula is C9H18N2O. The predicted molar refractivity (Wildman–Crippen MR) is 47.9 cm³/mol. The van der Waals surface area contributed by atoms with Gasteiger partial charge in [-0.15, -0.1) is 0 Å². The van der Waals surface area contributed by atoms with Gasteiger partial charge in [0.15, 0.2) is 0 Å². The van der Waals surface area contributed by atoms with Crippen LogP contribution >= 0.6 is 0 Å². The Hall–Kier alpha value is -0.120. The summed E-state index contributed by atoms with van der Waals surface area (Å²) >= 11 is 0. The van der Waals surface area contributed by atoms with Crippen LogP contribution in [0.15, 0.2) is 0 Å². The molecule has 70 valence electrons. The van der Waals surface area contributed by atoms with Crippen LogP contribution in [0, 0.1) is 5.41 Å². The summed E-state index contributed by atoms with van der Waals surface area (Å²) in [5.41, 5.74) is 6.37. The summed E-state index contributed by atoms with van der Waals surface area (Å²) in [6.07, 6.45) is 2.71. The van der Waals surface area contributed by atoms with Gasteiger partial charge in [0.1, 0.15) is 0 Å². The molecule has 12 heavy (non-hydrogen) atoms. The Bertz CT molecular complexity index is 154. The van der Waals surface area contributed by atoms with Gasteiger partial charge in [-0.1, -0.05) is 0 Å². The first-order valence-corrected chi connectivity index (χ1v) is 4.83. The molecule has 0 bridgehead atoms. The molecule has 2 unspecified atom stereocenters. The second-order valence-electron chi connectivity index (χ2n) is 4.07. The van der Waals surface area contributed by atoms with Gasteiger partial charge in [-0.25, -0.2) is 0 Å². The third kappa shape index (κ3) is 1.08. The van der Waals surface area contributed by atoms with Crippen LogP contribution in [0.25, 0.3) is 0 Å². The Kier molecular flexibility index (Phi) is 2.10. The molecule has 0 aromatic rings. The fourth-order valence-electron chi connectivity index (χ4n) is 2.55. The minimum atomic E-state index is 0.259. The zero-order valence-electron chi connectivity index (χ0n) is 7.68. The SMILES string of the molecule is CC1OCC(N)C12CCNCC2. The standard InChI is InChI=1S/C9H18N2O/c1-7-9(8(10)6-12-7)2-4-11-5-3-9/h7-8,11H,2-6,10H2,1H3. The van der Waals surface area contributed by atoms with E-state index in [4.69, 9.17) is 10.5 Å². The molecule has 2 heterocycles. The lowest BCUT2D eigenvalue weighted by Gasteiger charge is -2.39. The van der Waals surface area contributed by atoms with Gasteiger partial charge in [-0.2, -0.15) is 0 Å². The van der Waals surface area contributed by atoms with Gasteiger partial charge in [0.25, 0.3) is 0 Å². The van der Waals surface area contributed by atoms with Crippen molar-refractivity contribution in [3.8, 4) is 0 Å². The predicted octanol–water partition coefficient (Wildman–Crippen LogP) is 0.102. The normalized spacial score (nSPS) is 40.5. The fraction of sp³-hybridized carbons (Fsp3) is 1.00. The molecule has 0 amide bonds. The summed E-state index contributed by atoms with van der Waals surface area (Å²) in [6.45, 7) is 5.11. The van der Waals surface area contributed by atoms with Gasteiger partial charge in [-0.05, 0) is 32.9 Å². The number of nitrogens with two attached hydrogens (primary N) is 1. The third-order valence-electron chi connectivity index (χ3n) is 3.61. The Labute approximate surface area is 73.7 Å². The fourth-order valence-corrected chi connectivity index (χ4v) is 2.55. The van der Waals surface area contributed by atoms with E-state index in [0.29, 0.717) is 6.10 Å². The molecule has 2 rings (SSSR count). The minimum absolute atomic E-state index is 0.259. The maximum atomic E-state index is 6.08. The summed E-state index contributed by atoms with van der Waals surface area (Å²) in [5.74, 6) is 0. The van der Waals surface area contributed by atoms with Crippen molar-refractivity contribution in [2.45, 2.75) is 31.9 Å². The number of hydrogen-bond donors (Lipinski definition) is 2. The van der Waals surface area contributed by atoms with Crippen LogP contribution in [0.1, 0.15) is 19.8 Å². The first-order valence-electron chi connectivity index (χ1n) is 4.83. The van der Waals surface area contributed by atoms with E-state index in [0.717, 1.165) is 19.7 Å². The zero-order valence-corrected chi connectivity index (χ0v) is 7.68. The van der Waals surface area contributed by atoms with E-state index in [1.54, 1.807) is 0 Å². The lowest BCUT2D eigenvalue weighted by molar-refractivity contribution is 0.0445. The molecule has 2 aliphatic rings. The lowest BCUT2D eigenvalue weighted by Crippen LogP contribution is -2.50. The highest BCUT2D eigenvalue weighted by atomic mass is 16.5. The van der Waals surface area contributed by atoms with Crippen molar-refractivity contribution >= 4 is 0 Å². The molecule has 0 aromatic heterocycles. The van der Waals surface area contributed by atoms with E-state index in [-0.39, 0.29) is 11.5 Å². The Morgan fingerprint density at radius 3 is 2.58 bits per heavy atom. The second-order valence-corrected chi connectivity index (χ2v) is 4.07. The van der Waals surface area contributed by atoms with Gasteiger partial charge in [-0.3, -0.25) is 0 Å². The Morgan fingerprint density at radius 1 is 1.42 bits per heavy atom. The topological polar surface area (TPSA) is 47.3 Å².